The Hall–Kier alpha value is -2.43. The van der Waals surface area contributed by atoms with Gasteiger partial charge in [0.15, 0.2) is 5.75 Å². The van der Waals surface area contributed by atoms with E-state index < -0.39 is 5.63 Å². The average Bonchev–Trinajstić information content (AvgIpc) is 2.54. The van der Waals surface area contributed by atoms with Crippen molar-refractivity contribution in [2.75, 3.05) is 13.7 Å². The van der Waals surface area contributed by atoms with Crippen molar-refractivity contribution >= 4 is 11.0 Å². The van der Waals surface area contributed by atoms with Crippen molar-refractivity contribution in [3.63, 3.8) is 0 Å². The Morgan fingerprint density at radius 3 is 2.67 bits per heavy atom. The number of methoxy groups -OCH3 is 1. The van der Waals surface area contributed by atoms with Gasteiger partial charge in [0, 0.05) is 6.07 Å². The van der Waals surface area contributed by atoms with Gasteiger partial charge < -0.3 is 18.6 Å². The molecule has 1 aromatic carbocycles. The number of allylic oxidation sites excluding steroid dienone is 1. The van der Waals surface area contributed by atoms with Gasteiger partial charge in [0.2, 0.25) is 5.75 Å². The molecule has 5 heteroatoms. The number of rotatable bonds is 8. The van der Waals surface area contributed by atoms with Gasteiger partial charge in [0.1, 0.15) is 11.3 Å². The molecule has 1 aromatic heterocycles. The second-order valence-corrected chi connectivity index (χ2v) is 5.59. The first kappa shape index (κ1) is 17.9. The molecule has 0 saturated carbocycles. The summed E-state index contributed by atoms with van der Waals surface area (Å²) < 4.78 is 22.0. The largest absolute Gasteiger partial charge is 0.492 e. The van der Waals surface area contributed by atoms with E-state index in [0.717, 1.165) is 12.8 Å². The minimum absolute atomic E-state index is 0.0369. The fraction of sp³-hybridized carbons (Fsp3) is 0.421. The molecule has 0 N–H and O–H groups in total. The topological polar surface area (TPSA) is 57.9 Å². The van der Waals surface area contributed by atoms with Crippen molar-refractivity contribution < 1.29 is 18.6 Å². The summed E-state index contributed by atoms with van der Waals surface area (Å²) in [7, 11) is 1.51. The van der Waals surface area contributed by atoms with E-state index in [2.05, 4.69) is 13.0 Å². The Morgan fingerprint density at radius 1 is 1.21 bits per heavy atom. The number of fused-ring (bicyclic) bond motifs is 1. The number of hydrogen-bond donors (Lipinski definition) is 0. The molecule has 0 atom stereocenters. The fourth-order valence-corrected chi connectivity index (χ4v) is 2.32. The Labute approximate surface area is 141 Å². The third kappa shape index (κ3) is 4.31. The second-order valence-electron chi connectivity index (χ2n) is 5.59. The Kier molecular flexibility index (Phi) is 6.29. The van der Waals surface area contributed by atoms with Crippen molar-refractivity contribution in [2.24, 2.45) is 0 Å². The highest BCUT2D eigenvalue weighted by Crippen LogP contribution is 2.34. The van der Waals surface area contributed by atoms with Gasteiger partial charge in [-0.15, -0.1) is 0 Å². The minimum atomic E-state index is -0.555. The fourth-order valence-electron chi connectivity index (χ4n) is 2.32. The second kappa shape index (κ2) is 8.43. The highest BCUT2D eigenvalue weighted by molar-refractivity contribution is 5.86. The molecule has 2 rings (SSSR count). The molecule has 1 heterocycles. The van der Waals surface area contributed by atoms with E-state index in [1.807, 2.05) is 26.0 Å². The monoisotopic (exact) mass is 332 g/mol. The third-order valence-electron chi connectivity index (χ3n) is 3.30. The highest BCUT2D eigenvalue weighted by atomic mass is 16.5. The van der Waals surface area contributed by atoms with Crippen molar-refractivity contribution in [1.82, 2.24) is 0 Å². The predicted octanol–water partition coefficient (Wildman–Crippen LogP) is 4.32. The van der Waals surface area contributed by atoms with Crippen molar-refractivity contribution in [2.45, 2.75) is 39.7 Å². The van der Waals surface area contributed by atoms with Gasteiger partial charge in [0.25, 0.3) is 0 Å². The summed E-state index contributed by atoms with van der Waals surface area (Å²) in [6.45, 7) is 6.32. The third-order valence-corrected chi connectivity index (χ3v) is 3.30. The Bertz CT molecular complexity index is 758. The first-order valence-electron chi connectivity index (χ1n) is 8.16. The molecule has 2 aromatic rings. The molecule has 0 aliphatic heterocycles. The molecule has 130 valence electrons. The molecular formula is C19H24O5. The molecule has 0 aliphatic carbocycles. The van der Waals surface area contributed by atoms with E-state index in [4.69, 9.17) is 18.6 Å². The van der Waals surface area contributed by atoms with Gasteiger partial charge in [-0.3, -0.25) is 0 Å². The van der Waals surface area contributed by atoms with E-state index in [0.29, 0.717) is 29.1 Å². The normalized spacial score (nSPS) is 11.4. The maximum absolute atomic E-state index is 12.2. The lowest BCUT2D eigenvalue weighted by Crippen LogP contribution is -2.10. The summed E-state index contributed by atoms with van der Waals surface area (Å²) in [6, 6.07) is 5.31. The molecule has 24 heavy (non-hydrogen) atoms. The van der Waals surface area contributed by atoms with Gasteiger partial charge in [-0.1, -0.05) is 19.1 Å². The van der Waals surface area contributed by atoms with Crippen molar-refractivity contribution in [3.05, 3.63) is 40.8 Å². The molecule has 5 nitrogen and oxygen atoms in total. The standard InChI is InChI=1S/C19H24O5/c1-5-6-7-8-11-22-18-17(21-4)15-10-9-14(23-13(2)3)12-16(15)24-19(18)20/h6-7,9-10,12-13H,5,8,11H2,1-4H3. The highest BCUT2D eigenvalue weighted by Gasteiger charge is 2.17. The van der Waals surface area contributed by atoms with Crippen LogP contribution in [0.5, 0.6) is 17.2 Å². The molecule has 0 saturated heterocycles. The van der Waals surface area contributed by atoms with Crippen LogP contribution in [0.2, 0.25) is 0 Å². The van der Waals surface area contributed by atoms with Crippen LogP contribution in [-0.2, 0) is 0 Å². The van der Waals surface area contributed by atoms with E-state index >= 15 is 0 Å². The van der Waals surface area contributed by atoms with Crippen LogP contribution >= 0.6 is 0 Å². The zero-order valence-electron chi connectivity index (χ0n) is 14.6. The zero-order valence-corrected chi connectivity index (χ0v) is 14.6. The summed E-state index contributed by atoms with van der Waals surface area (Å²) in [5.74, 6) is 1.13. The van der Waals surface area contributed by atoms with Crippen LogP contribution < -0.4 is 19.8 Å². The Balaban J connectivity index is 2.33. The average molecular weight is 332 g/mol. The van der Waals surface area contributed by atoms with E-state index in [-0.39, 0.29) is 11.9 Å². The summed E-state index contributed by atoms with van der Waals surface area (Å²) in [6.07, 6.45) is 5.80. The molecule has 0 unspecified atom stereocenters. The Morgan fingerprint density at radius 2 is 2.00 bits per heavy atom. The smallest absolute Gasteiger partial charge is 0.383 e. The van der Waals surface area contributed by atoms with Crippen LogP contribution in [-0.4, -0.2) is 19.8 Å². The van der Waals surface area contributed by atoms with Gasteiger partial charge >= 0.3 is 5.63 Å². The van der Waals surface area contributed by atoms with Crippen LogP contribution in [0.4, 0.5) is 0 Å². The quantitative estimate of drug-likeness (QED) is 0.409. The minimum Gasteiger partial charge on any atom is -0.492 e. The van der Waals surface area contributed by atoms with Crippen LogP contribution in [0.25, 0.3) is 11.0 Å². The first-order chi connectivity index (χ1) is 11.6. The van der Waals surface area contributed by atoms with Crippen molar-refractivity contribution in [3.8, 4) is 17.2 Å². The molecule has 0 aliphatic rings. The van der Waals surface area contributed by atoms with E-state index in [9.17, 15) is 4.79 Å². The zero-order chi connectivity index (χ0) is 17.5. The number of benzene rings is 1. The maximum atomic E-state index is 12.2. The molecule has 0 radical (unpaired) electrons. The lowest BCUT2D eigenvalue weighted by Gasteiger charge is -2.13. The molecule has 0 amide bonds. The molecule has 0 fully saturated rings. The SMILES string of the molecule is CCC=CCCOc1c(OC)c2ccc(OC(C)C)cc2oc1=O. The first-order valence-corrected chi connectivity index (χ1v) is 8.16. The van der Waals surface area contributed by atoms with Gasteiger partial charge in [-0.05, 0) is 38.8 Å². The lowest BCUT2D eigenvalue weighted by molar-refractivity contribution is 0.242. The summed E-state index contributed by atoms with van der Waals surface area (Å²) in [5.41, 5.74) is -0.145. The number of ether oxygens (including phenoxy) is 3. The van der Waals surface area contributed by atoms with Crippen LogP contribution in [0.1, 0.15) is 33.6 Å². The van der Waals surface area contributed by atoms with E-state index in [1.165, 1.54) is 7.11 Å². The van der Waals surface area contributed by atoms with Crippen molar-refractivity contribution in [1.29, 1.82) is 0 Å². The predicted molar refractivity (Wildman–Crippen MR) is 94.3 cm³/mol. The van der Waals surface area contributed by atoms with Gasteiger partial charge in [-0.2, -0.15) is 0 Å². The lowest BCUT2D eigenvalue weighted by atomic mass is 10.2. The molecular weight excluding hydrogens is 308 g/mol. The number of hydrogen-bond acceptors (Lipinski definition) is 5. The van der Waals surface area contributed by atoms with E-state index in [1.54, 1.807) is 12.1 Å². The van der Waals surface area contributed by atoms with Crippen LogP contribution in [0.15, 0.2) is 39.6 Å². The summed E-state index contributed by atoms with van der Waals surface area (Å²) in [4.78, 5) is 12.2. The van der Waals surface area contributed by atoms with Crippen LogP contribution in [0, 0.1) is 0 Å². The van der Waals surface area contributed by atoms with Gasteiger partial charge in [-0.25, -0.2) is 4.79 Å². The van der Waals surface area contributed by atoms with Crippen LogP contribution in [0.3, 0.4) is 0 Å². The van der Waals surface area contributed by atoms with Gasteiger partial charge in [0.05, 0.1) is 25.2 Å². The molecule has 0 bridgehead atoms. The maximum Gasteiger partial charge on any atom is 0.383 e. The summed E-state index contributed by atoms with van der Waals surface area (Å²) in [5, 5.41) is 0.673. The summed E-state index contributed by atoms with van der Waals surface area (Å²) >= 11 is 0. The molecule has 0 spiro atoms.